The molecule has 0 atom stereocenters. The molecule has 0 unspecified atom stereocenters. The van der Waals surface area contributed by atoms with Crippen molar-refractivity contribution in [1.29, 1.82) is 0 Å². The second kappa shape index (κ2) is 4.17. The van der Waals surface area contributed by atoms with Crippen LogP contribution in [0, 0.1) is 6.92 Å². The average molecular weight is 197 g/mol. The molecule has 4 heteroatoms. The molecule has 1 aromatic heterocycles. The van der Waals surface area contributed by atoms with Gasteiger partial charge in [0.2, 0.25) is 0 Å². The molecule has 1 aromatic rings. The molecule has 1 aliphatic rings. The molecular weight excluding hydrogens is 182 g/mol. The second-order valence-corrected chi connectivity index (χ2v) is 4.69. The smallest absolute Gasteiger partial charge is 0.0897 e. The summed E-state index contributed by atoms with van der Waals surface area (Å²) in [5.41, 5.74) is 0. The van der Waals surface area contributed by atoms with E-state index < -0.39 is 0 Å². The molecule has 1 fully saturated rings. The van der Waals surface area contributed by atoms with Gasteiger partial charge in [-0.05, 0) is 6.92 Å². The third-order valence-electron chi connectivity index (χ3n) is 2.26. The lowest BCUT2D eigenvalue weighted by Gasteiger charge is -2.26. The highest BCUT2D eigenvalue weighted by molar-refractivity contribution is 7.11. The fourth-order valence-corrected chi connectivity index (χ4v) is 2.41. The Kier molecular flexibility index (Phi) is 2.93. The van der Waals surface area contributed by atoms with E-state index in [1.54, 1.807) is 0 Å². The van der Waals surface area contributed by atoms with Crippen molar-refractivity contribution >= 4 is 11.3 Å². The fourth-order valence-electron chi connectivity index (χ4n) is 1.57. The van der Waals surface area contributed by atoms with Crippen molar-refractivity contribution in [1.82, 2.24) is 15.2 Å². The summed E-state index contributed by atoms with van der Waals surface area (Å²) >= 11 is 1.81. The van der Waals surface area contributed by atoms with E-state index in [2.05, 4.69) is 22.1 Å². The van der Waals surface area contributed by atoms with Crippen LogP contribution in [0.15, 0.2) is 6.20 Å². The van der Waals surface area contributed by atoms with E-state index in [0.717, 1.165) is 32.7 Å². The van der Waals surface area contributed by atoms with Gasteiger partial charge in [0.05, 0.1) is 5.01 Å². The minimum absolute atomic E-state index is 1.08. The minimum Gasteiger partial charge on any atom is -0.314 e. The van der Waals surface area contributed by atoms with Gasteiger partial charge < -0.3 is 5.32 Å². The summed E-state index contributed by atoms with van der Waals surface area (Å²) in [6.07, 6.45) is 2.00. The van der Waals surface area contributed by atoms with Crippen molar-refractivity contribution < 1.29 is 0 Å². The van der Waals surface area contributed by atoms with Crippen LogP contribution in [0.2, 0.25) is 0 Å². The zero-order valence-corrected chi connectivity index (χ0v) is 8.73. The zero-order valence-electron chi connectivity index (χ0n) is 7.92. The van der Waals surface area contributed by atoms with E-state index in [-0.39, 0.29) is 0 Å². The van der Waals surface area contributed by atoms with Crippen molar-refractivity contribution in [3.05, 3.63) is 16.1 Å². The predicted octanol–water partition coefficient (Wildman–Crippen LogP) is 0.857. The van der Waals surface area contributed by atoms with E-state index in [4.69, 9.17) is 0 Å². The Bertz CT molecular complexity index is 266. The van der Waals surface area contributed by atoms with Crippen LogP contribution >= 0.6 is 11.3 Å². The first-order chi connectivity index (χ1) is 6.34. The maximum absolute atomic E-state index is 4.26. The van der Waals surface area contributed by atoms with Crippen molar-refractivity contribution in [2.75, 3.05) is 26.2 Å². The highest BCUT2D eigenvalue weighted by Gasteiger charge is 2.10. The Balaban J connectivity index is 1.89. The first-order valence-corrected chi connectivity index (χ1v) is 5.50. The number of hydrogen-bond acceptors (Lipinski definition) is 4. The molecule has 0 aromatic carbocycles. The molecule has 0 spiro atoms. The molecule has 0 aliphatic carbocycles. The third kappa shape index (κ3) is 2.49. The molecule has 2 heterocycles. The third-order valence-corrected chi connectivity index (χ3v) is 3.16. The van der Waals surface area contributed by atoms with Gasteiger partial charge in [0.25, 0.3) is 0 Å². The number of thiazole rings is 1. The van der Waals surface area contributed by atoms with Gasteiger partial charge in [0, 0.05) is 43.8 Å². The van der Waals surface area contributed by atoms with Gasteiger partial charge in [-0.2, -0.15) is 0 Å². The molecular formula is C9H15N3S. The molecule has 1 aliphatic heterocycles. The molecule has 1 saturated heterocycles. The number of piperazine rings is 1. The second-order valence-electron chi connectivity index (χ2n) is 3.37. The number of rotatable bonds is 2. The first kappa shape index (κ1) is 9.12. The molecule has 2 rings (SSSR count). The lowest BCUT2D eigenvalue weighted by atomic mass is 10.3. The molecule has 13 heavy (non-hydrogen) atoms. The summed E-state index contributed by atoms with van der Waals surface area (Å²) in [5.74, 6) is 0. The van der Waals surface area contributed by atoms with Gasteiger partial charge in [0.1, 0.15) is 0 Å². The highest BCUT2D eigenvalue weighted by atomic mass is 32.1. The molecule has 1 N–H and O–H groups in total. The number of nitrogens with one attached hydrogen (secondary N) is 1. The number of nitrogens with zero attached hydrogens (tertiary/aromatic N) is 2. The van der Waals surface area contributed by atoms with Gasteiger partial charge in [-0.15, -0.1) is 11.3 Å². The Morgan fingerprint density at radius 2 is 2.31 bits per heavy atom. The quantitative estimate of drug-likeness (QED) is 0.762. The van der Waals surface area contributed by atoms with Crippen LogP contribution in [0.5, 0.6) is 0 Å². The average Bonchev–Trinajstić information content (AvgIpc) is 2.53. The standard InChI is InChI=1S/C9H15N3S/c1-8-11-6-9(13-8)7-12-4-2-10-3-5-12/h6,10H,2-5,7H2,1H3. The Morgan fingerprint density at radius 3 is 2.92 bits per heavy atom. The summed E-state index contributed by atoms with van der Waals surface area (Å²) in [5, 5.41) is 4.52. The topological polar surface area (TPSA) is 28.2 Å². The van der Waals surface area contributed by atoms with Crippen molar-refractivity contribution in [2.24, 2.45) is 0 Å². The lowest BCUT2D eigenvalue weighted by molar-refractivity contribution is 0.235. The molecule has 0 bridgehead atoms. The van der Waals surface area contributed by atoms with Crippen LogP contribution in [-0.2, 0) is 6.54 Å². The summed E-state index contributed by atoms with van der Waals surface area (Å²) < 4.78 is 0. The van der Waals surface area contributed by atoms with Gasteiger partial charge in [-0.3, -0.25) is 4.90 Å². The fraction of sp³-hybridized carbons (Fsp3) is 0.667. The summed E-state index contributed by atoms with van der Waals surface area (Å²) in [4.78, 5) is 8.12. The van der Waals surface area contributed by atoms with E-state index in [9.17, 15) is 0 Å². The Hall–Kier alpha value is -0.450. The molecule has 0 amide bonds. The molecule has 0 saturated carbocycles. The minimum atomic E-state index is 1.08. The zero-order chi connectivity index (χ0) is 9.10. The van der Waals surface area contributed by atoms with Crippen LogP contribution in [0.25, 0.3) is 0 Å². The van der Waals surface area contributed by atoms with Gasteiger partial charge in [-0.1, -0.05) is 0 Å². The van der Waals surface area contributed by atoms with Gasteiger partial charge in [0.15, 0.2) is 0 Å². The monoisotopic (exact) mass is 197 g/mol. The largest absolute Gasteiger partial charge is 0.314 e. The van der Waals surface area contributed by atoms with Crippen molar-refractivity contribution in [3.63, 3.8) is 0 Å². The van der Waals surface area contributed by atoms with Crippen LogP contribution in [0.3, 0.4) is 0 Å². The normalized spacial score (nSPS) is 19.2. The Labute approximate surface area is 82.8 Å². The van der Waals surface area contributed by atoms with Crippen LogP contribution in [0.4, 0.5) is 0 Å². The lowest BCUT2D eigenvalue weighted by Crippen LogP contribution is -2.42. The van der Waals surface area contributed by atoms with E-state index in [1.165, 1.54) is 9.88 Å². The van der Waals surface area contributed by atoms with Crippen LogP contribution in [-0.4, -0.2) is 36.1 Å². The molecule has 0 radical (unpaired) electrons. The SMILES string of the molecule is Cc1ncc(CN2CCNCC2)s1. The predicted molar refractivity (Wildman–Crippen MR) is 55.0 cm³/mol. The van der Waals surface area contributed by atoms with Crippen molar-refractivity contribution in [3.8, 4) is 0 Å². The van der Waals surface area contributed by atoms with Crippen LogP contribution in [0.1, 0.15) is 9.88 Å². The molecule has 72 valence electrons. The van der Waals surface area contributed by atoms with E-state index in [0.29, 0.717) is 0 Å². The van der Waals surface area contributed by atoms with Gasteiger partial charge in [-0.25, -0.2) is 4.98 Å². The van der Waals surface area contributed by atoms with E-state index in [1.807, 2.05) is 17.5 Å². The maximum Gasteiger partial charge on any atom is 0.0897 e. The maximum atomic E-state index is 4.26. The van der Waals surface area contributed by atoms with Gasteiger partial charge >= 0.3 is 0 Å². The van der Waals surface area contributed by atoms with Crippen LogP contribution < -0.4 is 5.32 Å². The summed E-state index contributed by atoms with van der Waals surface area (Å²) in [6.45, 7) is 7.71. The van der Waals surface area contributed by atoms with E-state index >= 15 is 0 Å². The molecule has 3 nitrogen and oxygen atoms in total. The summed E-state index contributed by atoms with van der Waals surface area (Å²) in [6, 6.07) is 0. The highest BCUT2D eigenvalue weighted by Crippen LogP contribution is 2.14. The number of aryl methyl sites for hydroxylation is 1. The number of hydrogen-bond donors (Lipinski definition) is 1. The first-order valence-electron chi connectivity index (χ1n) is 4.69. The summed E-state index contributed by atoms with van der Waals surface area (Å²) in [7, 11) is 0. The Morgan fingerprint density at radius 1 is 1.54 bits per heavy atom. The van der Waals surface area contributed by atoms with Crippen molar-refractivity contribution in [2.45, 2.75) is 13.5 Å². The number of aromatic nitrogens is 1.